The van der Waals surface area contributed by atoms with Crippen molar-refractivity contribution in [2.45, 2.75) is 31.2 Å². The molecular weight excluding hydrogens is 350 g/mol. The van der Waals surface area contributed by atoms with Crippen molar-refractivity contribution >= 4 is 22.9 Å². The van der Waals surface area contributed by atoms with Gasteiger partial charge in [-0.3, -0.25) is 9.69 Å². The number of hydrogen-bond donors (Lipinski definition) is 0. The maximum Gasteiger partial charge on any atom is 0.410 e. The van der Waals surface area contributed by atoms with E-state index >= 15 is 0 Å². The molecule has 1 atom stereocenters. The molecule has 0 spiro atoms. The van der Waals surface area contributed by atoms with Crippen LogP contribution in [-0.2, 0) is 9.53 Å². The van der Waals surface area contributed by atoms with Crippen LogP contribution in [0.15, 0.2) is 48.5 Å². The highest BCUT2D eigenvalue weighted by molar-refractivity contribution is 6.64. The molecule has 2 aromatic rings. The number of carbonyl (C=O) groups excluding carboxylic acids is 2. The van der Waals surface area contributed by atoms with Gasteiger partial charge in [0, 0.05) is 12.5 Å². The Morgan fingerprint density at radius 3 is 2.23 bits per heavy atom. The largest absolute Gasteiger partial charge is 0.448 e. The molecule has 1 aliphatic carbocycles. The molecular formula is C21H20ClNO3. The molecule has 0 aromatic heterocycles. The Labute approximate surface area is 157 Å². The molecule has 2 aliphatic rings. The average molecular weight is 370 g/mol. The minimum absolute atomic E-state index is 0.0151. The van der Waals surface area contributed by atoms with Crippen LogP contribution in [-0.4, -0.2) is 35.4 Å². The fourth-order valence-electron chi connectivity index (χ4n) is 4.06. The summed E-state index contributed by atoms with van der Waals surface area (Å²) in [6.07, 6.45) is 1.92. The molecule has 26 heavy (non-hydrogen) atoms. The van der Waals surface area contributed by atoms with Gasteiger partial charge in [0.05, 0.1) is 0 Å². The van der Waals surface area contributed by atoms with Crippen LogP contribution in [0.25, 0.3) is 11.1 Å². The van der Waals surface area contributed by atoms with Crippen LogP contribution in [0.5, 0.6) is 0 Å². The van der Waals surface area contributed by atoms with Crippen LogP contribution >= 0.6 is 11.6 Å². The van der Waals surface area contributed by atoms with E-state index in [1.54, 1.807) is 0 Å². The molecule has 0 radical (unpaired) electrons. The van der Waals surface area contributed by atoms with Crippen LogP contribution in [0.2, 0.25) is 0 Å². The van der Waals surface area contributed by atoms with Gasteiger partial charge in [0.1, 0.15) is 12.6 Å². The van der Waals surface area contributed by atoms with Crippen molar-refractivity contribution in [2.24, 2.45) is 0 Å². The molecule has 2 aromatic carbocycles. The monoisotopic (exact) mass is 369 g/mol. The van der Waals surface area contributed by atoms with Gasteiger partial charge in [0.15, 0.2) is 0 Å². The molecule has 0 unspecified atom stereocenters. The Bertz CT molecular complexity index is 805. The van der Waals surface area contributed by atoms with Gasteiger partial charge in [-0.05, 0) is 53.1 Å². The highest BCUT2D eigenvalue weighted by Gasteiger charge is 2.34. The lowest BCUT2D eigenvalue weighted by Crippen LogP contribution is -2.47. The zero-order valence-electron chi connectivity index (χ0n) is 14.4. The van der Waals surface area contributed by atoms with Crippen LogP contribution in [0.4, 0.5) is 4.79 Å². The molecule has 0 bridgehead atoms. The van der Waals surface area contributed by atoms with Crippen molar-refractivity contribution in [3.63, 3.8) is 0 Å². The van der Waals surface area contributed by atoms with E-state index in [4.69, 9.17) is 16.3 Å². The number of benzene rings is 2. The highest BCUT2D eigenvalue weighted by atomic mass is 35.5. The van der Waals surface area contributed by atoms with Gasteiger partial charge in [-0.1, -0.05) is 48.5 Å². The molecule has 1 amide bonds. The van der Waals surface area contributed by atoms with E-state index < -0.39 is 17.4 Å². The lowest BCUT2D eigenvalue weighted by molar-refractivity contribution is -0.117. The van der Waals surface area contributed by atoms with Crippen LogP contribution in [0, 0.1) is 0 Å². The van der Waals surface area contributed by atoms with Gasteiger partial charge in [-0.25, -0.2) is 4.79 Å². The van der Waals surface area contributed by atoms with Gasteiger partial charge in [0.25, 0.3) is 0 Å². The zero-order chi connectivity index (χ0) is 18.1. The number of rotatable bonds is 3. The van der Waals surface area contributed by atoms with E-state index in [9.17, 15) is 9.59 Å². The molecule has 4 rings (SSSR count). The average Bonchev–Trinajstić information content (AvgIpc) is 3.00. The van der Waals surface area contributed by atoms with Crippen LogP contribution in [0.3, 0.4) is 0 Å². The van der Waals surface area contributed by atoms with Gasteiger partial charge in [-0.2, -0.15) is 0 Å². The minimum Gasteiger partial charge on any atom is -0.448 e. The SMILES string of the molecule is O=C(Cl)[C@@H]1CCCCN1C(=O)OCC1c2ccccc2-c2ccccc21. The number of nitrogens with zero attached hydrogens (tertiary/aromatic N) is 1. The fraction of sp³-hybridized carbons (Fsp3) is 0.333. The molecule has 4 nitrogen and oxygen atoms in total. The predicted molar refractivity (Wildman–Crippen MR) is 100 cm³/mol. The highest BCUT2D eigenvalue weighted by Crippen LogP contribution is 2.44. The zero-order valence-corrected chi connectivity index (χ0v) is 15.1. The first-order valence-electron chi connectivity index (χ1n) is 8.98. The van der Waals surface area contributed by atoms with Gasteiger partial charge < -0.3 is 4.74 Å². The summed E-state index contributed by atoms with van der Waals surface area (Å²) in [7, 11) is 0. The van der Waals surface area contributed by atoms with E-state index in [2.05, 4.69) is 24.3 Å². The Kier molecular flexibility index (Phi) is 4.68. The molecule has 1 fully saturated rings. The molecule has 1 heterocycles. The summed E-state index contributed by atoms with van der Waals surface area (Å²) >= 11 is 5.67. The van der Waals surface area contributed by atoms with Gasteiger partial charge in [-0.15, -0.1) is 0 Å². The van der Waals surface area contributed by atoms with Crippen molar-refractivity contribution in [1.82, 2.24) is 4.90 Å². The van der Waals surface area contributed by atoms with E-state index in [-0.39, 0.29) is 12.5 Å². The molecule has 134 valence electrons. The van der Waals surface area contributed by atoms with Crippen molar-refractivity contribution < 1.29 is 14.3 Å². The Morgan fingerprint density at radius 2 is 1.62 bits per heavy atom. The second-order valence-electron chi connectivity index (χ2n) is 6.81. The van der Waals surface area contributed by atoms with Gasteiger partial charge >= 0.3 is 6.09 Å². The van der Waals surface area contributed by atoms with Gasteiger partial charge in [0.2, 0.25) is 5.24 Å². The van der Waals surface area contributed by atoms with E-state index in [1.807, 2.05) is 24.3 Å². The molecule has 0 N–H and O–H groups in total. The summed E-state index contributed by atoms with van der Waals surface area (Å²) in [5.74, 6) is 0.0151. The maximum absolute atomic E-state index is 12.6. The smallest absolute Gasteiger partial charge is 0.410 e. The summed E-state index contributed by atoms with van der Waals surface area (Å²) < 4.78 is 5.64. The molecule has 0 saturated carbocycles. The summed E-state index contributed by atoms with van der Waals surface area (Å²) in [6.45, 7) is 0.770. The standard InChI is InChI=1S/C21H20ClNO3/c22-20(24)19-11-5-6-12-23(19)21(25)26-13-18-16-9-3-1-7-14(16)15-8-2-4-10-17(15)18/h1-4,7-10,18-19H,5-6,11-13H2/t19-/m0/s1. The lowest BCUT2D eigenvalue weighted by atomic mass is 9.98. The van der Waals surface area contributed by atoms with E-state index in [0.29, 0.717) is 13.0 Å². The number of piperidine rings is 1. The number of amides is 1. The second kappa shape index (κ2) is 7.12. The summed E-state index contributed by atoms with van der Waals surface area (Å²) in [5.41, 5.74) is 4.72. The number of hydrogen-bond acceptors (Lipinski definition) is 3. The Hall–Kier alpha value is -2.33. The number of fused-ring (bicyclic) bond motifs is 3. The Balaban J connectivity index is 1.53. The molecule has 5 heteroatoms. The first-order valence-corrected chi connectivity index (χ1v) is 9.35. The van der Waals surface area contributed by atoms with Crippen LogP contribution in [0.1, 0.15) is 36.3 Å². The van der Waals surface area contributed by atoms with Crippen molar-refractivity contribution in [2.75, 3.05) is 13.2 Å². The fourth-order valence-corrected chi connectivity index (χ4v) is 4.29. The minimum atomic E-state index is -0.568. The topological polar surface area (TPSA) is 46.6 Å². The van der Waals surface area contributed by atoms with E-state index in [0.717, 1.165) is 12.8 Å². The summed E-state index contributed by atoms with van der Waals surface area (Å²) in [5, 5.41) is -0.488. The predicted octanol–water partition coefficient (Wildman–Crippen LogP) is 4.56. The maximum atomic E-state index is 12.6. The van der Waals surface area contributed by atoms with E-state index in [1.165, 1.54) is 27.2 Å². The quantitative estimate of drug-likeness (QED) is 0.745. The Morgan fingerprint density at radius 1 is 1.00 bits per heavy atom. The third-order valence-electron chi connectivity index (χ3n) is 5.34. The van der Waals surface area contributed by atoms with Crippen molar-refractivity contribution in [3.8, 4) is 11.1 Å². The molecule has 1 aliphatic heterocycles. The van der Waals surface area contributed by atoms with Crippen molar-refractivity contribution in [3.05, 3.63) is 59.7 Å². The lowest BCUT2D eigenvalue weighted by Gasteiger charge is -2.32. The second-order valence-corrected chi connectivity index (χ2v) is 7.19. The third-order valence-corrected chi connectivity index (χ3v) is 5.59. The number of ether oxygens (including phenoxy) is 1. The third kappa shape index (κ3) is 2.99. The number of halogens is 1. The first-order chi connectivity index (χ1) is 12.7. The summed E-state index contributed by atoms with van der Waals surface area (Å²) in [6, 6.07) is 15.9. The van der Waals surface area contributed by atoms with Crippen molar-refractivity contribution in [1.29, 1.82) is 0 Å². The normalized spacial score (nSPS) is 19.0. The molecule has 1 saturated heterocycles. The number of carbonyl (C=O) groups is 2. The van der Waals surface area contributed by atoms with Crippen LogP contribution < -0.4 is 0 Å². The summed E-state index contributed by atoms with van der Waals surface area (Å²) in [4.78, 5) is 25.7. The number of likely N-dealkylation sites (tertiary alicyclic amines) is 1. The first kappa shape index (κ1) is 17.1.